The Balaban J connectivity index is 1.95. The van der Waals surface area contributed by atoms with Gasteiger partial charge in [-0.1, -0.05) is 30.3 Å². The van der Waals surface area contributed by atoms with E-state index in [1.54, 1.807) is 6.92 Å². The molecular formula is C14H18N2O3. The van der Waals surface area contributed by atoms with Crippen LogP contribution in [0.3, 0.4) is 0 Å². The third-order valence-corrected chi connectivity index (χ3v) is 3.33. The van der Waals surface area contributed by atoms with Crippen LogP contribution in [0.25, 0.3) is 0 Å². The second-order valence-corrected chi connectivity index (χ2v) is 5.02. The van der Waals surface area contributed by atoms with E-state index in [-0.39, 0.29) is 18.4 Å². The number of amides is 2. The van der Waals surface area contributed by atoms with Gasteiger partial charge in [0, 0.05) is 13.0 Å². The lowest BCUT2D eigenvalue weighted by Gasteiger charge is -2.28. The normalized spacial score (nSPS) is 22.7. The van der Waals surface area contributed by atoms with E-state index in [1.165, 1.54) is 0 Å². The number of imide groups is 1. The van der Waals surface area contributed by atoms with Gasteiger partial charge in [-0.05, 0) is 18.9 Å². The molecule has 19 heavy (non-hydrogen) atoms. The first-order valence-electron chi connectivity index (χ1n) is 6.34. The topological polar surface area (TPSA) is 78.4 Å². The molecule has 2 unspecified atom stereocenters. The van der Waals surface area contributed by atoms with Gasteiger partial charge in [-0.15, -0.1) is 0 Å². The molecule has 1 saturated heterocycles. The van der Waals surface area contributed by atoms with Crippen molar-refractivity contribution in [3.8, 4) is 0 Å². The van der Waals surface area contributed by atoms with Crippen LogP contribution in [0.2, 0.25) is 0 Å². The molecule has 0 radical (unpaired) electrons. The fourth-order valence-electron chi connectivity index (χ4n) is 2.11. The maximum atomic E-state index is 11.6. The lowest BCUT2D eigenvalue weighted by molar-refractivity contribution is -0.134. The van der Waals surface area contributed by atoms with Crippen LogP contribution in [-0.2, 0) is 15.2 Å². The average molecular weight is 262 g/mol. The highest BCUT2D eigenvalue weighted by atomic mass is 16.3. The molecule has 0 aliphatic carbocycles. The standard InChI is InChI=1S/C14H18N2O3/c1-14(19,10-5-3-2-4-6-10)9-15-11-7-8-12(17)16-13(11)18/h2-6,11,15,19H,7-9H2,1H3,(H,16,17,18). The molecule has 1 aliphatic rings. The molecule has 5 heteroatoms. The summed E-state index contributed by atoms with van der Waals surface area (Å²) in [7, 11) is 0. The molecule has 0 bridgehead atoms. The van der Waals surface area contributed by atoms with Gasteiger partial charge in [0.2, 0.25) is 11.8 Å². The lowest BCUT2D eigenvalue weighted by Crippen LogP contribution is -2.53. The summed E-state index contributed by atoms with van der Waals surface area (Å²) in [6.07, 6.45) is 0.798. The number of aliphatic hydroxyl groups is 1. The van der Waals surface area contributed by atoms with E-state index in [4.69, 9.17) is 0 Å². The summed E-state index contributed by atoms with van der Waals surface area (Å²) in [6.45, 7) is 1.95. The Morgan fingerprint density at radius 2 is 2.05 bits per heavy atom. The summed E-state index contributed by atoms with van der Waals surface area (Å²) in [6, 6.07) is 8.85. The first-order valence-corrected chi connectivity index (χ1v) is 6.34. The zero-order valence-electron chi connectivity index (χ0n) is 10.8. The predicted octanol–water partition coefficient (Wildman–Crippen LogP) is 0.289. The number of rotatable bonds is 4. The summed E-state index contributed by atoms with van der Waals surface area (Å²) >= 11 is 0. The molecule has 1 fully saturated rings. The molecule has 0 saturated carbocycles. The van der Waals surface area contributed by atoms with Crippen LogP contribution < -0.4 is 10.6 Å². The van der Waals surface area contributed by atoms with E-state index < -0.39 is 11.6 Å². The molecule has 2 amide bonds. The molecule has 3 N–H and O–H groups in total. The molecule has 1 aromatic rings. The molecule has 1 aromatic carbocycles. The third kappa shape index (κ3) is 3.39. The lowest BCUT2D eigenvalue weighted by atomic mass is 9.95. The van der Waals surface area contributed by atoms with E-state index in [9.17, 15) is 14.7 Å². The number of carbonyl (C=O) groups is 2. The Kier molecular flexibility index (Phi) is 3.97. The second-order valence-electron chi connectivity index (χ2n) is 5.02. The van der Waals surface area contributed by atoms with Crippen molar-refractivity contribution in [1.29, 1.82) is 0 Å². The van der Waals surface area contributed by atoms with Gasteiger partial charge in [-0.3, -0.25) is 14.9 Å². The molecule has 102 valence electrons. The second kappa shape index (κ2) is 5.50. The minimum Gasteiger partial charge on any atom is -0.384 e. The van der Waals surface area contributed by atoms with Crippen molar-refractivity contribution >= 4 is 11.8 Å². The summed E-state index contributed by atoms with van der Waals surface area (Å²) in [5, 5.41) is 15.7. The van der Waals surface area contributed by atoms with Crippen LogP contribution in [0.5, 0.6) is 0 Å². The quantitative estimate of drug-likeness (QED) is 0.681. The van der Waals surface area contributed by atoms with Crippen molar-refractivity contribution in [2.75, 3.05) is 6.54 Å². The van der Waals surface area contributed by atoms with Gasteiger partial charge < -0.3 is 10.4 Å². The maximum absolute atomic E-state index is 11.6. The van der Waals surface area contributed by atoms with Gasteiger partial charge in [-0.25, -0.2) is 0 Å². The number of hydrogen-bond acceptors (Lipinski definition) is 4. The van der Waals surface area contributed by atoms with Crippen LogP contribution in [0.1, 0.15) is 25.3 Å². The van der Waals surface area contributed by atoms with Crippen molar-refractivity contribution in [1.82, 2.24) is 10.6 Å². The van der Waals surface area contributed by atoms with Crippen molar-refractivity contribution in [2.24, 2.45) is 0 Å². The summed E-state index contributed by atoms with van der Waals surface area (Å²) in [5.41, 5.74) is -0.266. The molecule has 2 rings (SSSR count). The summed E-state index contributed by atoms with van der Waals surface area (Å²) < 4.78 is 0. The fourth-order valence-corrected chi connectivity index (χ4v) is 2.11. The molecular weight excluding hydrogens is 244 g/mol. The maximum Gasteiger partial charge on any atom is 0.243 e. The van der Waals surface area contributed by atoms with Crippen molar-refractivity contribution in [3.05, 3.63) is 35.9 Å². The minimum atomic E-state index is -1.05. The van der Waals surface area contributed by atoms with Crippen LogP contribution in [-0.4, -0.2) is 29.5 Å². The highest BCUT2D eigenvalue weighted by Gasteiger charge is 2.29. The van der Waals surface area contributed by atoms with Crippen LogP contribution in [0.15, 0.2) is 30.3 Å². The number of piperidine rings is 1. The largest absolute Gasteiger partial charge is 0.384 e. The van der Waals surface area contributed by atoms with Gasteiger partial charge in [0.25, 0.3) is 0 Å². The van der Waals surface area contributed by atoms with E-state index in [2.05, 4.69) is 10.6 Å². The molecule has 1 aliphatic heterocycles. The number of nitrogens with one attached hydrogen (secondary N) is 2. The van der Waals surface area contributed by atoms with E-state index in [1.807, 2.05) is 30.3 Å². The van der Waals surface area contributed by atoms with Gasteiger partial charge >= 0.3 is 0 Å². The first-order chi connectivity index (χ1) is 8.99. The smallest absolute Gasteiger partial charge is 0.243 e. The van der Waals surface area contributed by atoms with Crippen molar-refractivity contribution in [3.63, 3.8) is 0 Å². The van der Waals surface area contributed by atoms with Crippen LogP contribution in [0.4, 0.5) is 0 Å². The Hall–Kier alpha value is -1.72. The average Bonchev–Trinajstić information content (AvgIpc) is 2.39. The SMILES string of the molecule is CC(O)(CNC1CCC(=O)NC1=O)c1ccccc1. The molecule has 5 nitrogen and oxygen atoms in total. The molecule has 1 heterocycles. The Labute approximate surface area is 112 Å². The fraction of sp³-hybridized carbons (Fsp3) is 0.429. The number of carbonyl (C=O) groups excluding carboxylic acids is 2. The van der Waals surface area contributed by atoms with E-state index in [0.29, 0.717) is 12.8 Å². The van der Waals surface area contributed by atoms with Gasteiger partial charge in [-0.2, -0.15) is 0 Å². The third-order valence-electron chi connectivity index (χ3n) is 3.33. The molecule has 0 aromatic heterocycles. The Morgan fingerprint density at radius 1 is 1.37 bits per heavy atom. The Morgan fingerprint density at radius 3 is 2.68 bits per heavy atom. The summed E-state index contributed by atoms with van der Waals surface area (Å²) in [4.78, 5) is 22.6. The Bertz CT molecular complexity index is 471. The van der Waals surface area contributed by atoms with Gasteiger partial charge in [0.1, 0.15) is 0 Å². The summed E-state index contributed by atoms with van der Waals surface area (Å²) in [5.74, 6) is -0.557. The van der Waals surface area contributed by atoms with E-state index >= 15 is 0 Å². The van der Waals surface area contributed by atoms with Gasteiger partial charge in [0.15, 0.2) is 0 Å². The number of benzene rings is 1. The zero-order valence-corrected chi connectivity index (χ0v) is 10.8. The highest BCUT2D eigenvalue weighted by Crippen LogP contribution is 2.19. The highest BCUT2D eigenvalue weighted by molar-refractivity contribution is 6.00. The predicted molar refractivity (Wildman–Crippen MR) is 70.2 cm³/mol. The van der Waals surface area contributed by atoms with Crippen molar-refractivity contribution in [2.45, 2.75) is 31.4 Å². The molecule has 0 spiro atoms. The van der Waals surface area contributed by atoms with Gasteiger partial charge in [0.05, 0.1) is 11.6 Å². The molecule has 2 atom stereocenters. The van der Waals surface area contributed by atoms with Crippen LogP contribution >= 0.6 is 0 Å². The monoisotopic (exact) mass is 262 g/mol. The minimum absolute atomic E-state index is 0.238. The first kappa shape index (κ1) is 13.7. The zero-order chi connectivity index (χ0) is 13.9. The van der Waals surface area contributed by atoms with Crippen molar-refractivity contribution < 1.29 is 14.7 Å². The van der Waals surface area contributed by atoms with E-state index in [0.717, 1.165) is 5.56 Å². The van der Waals surface area contributed by atoms with Crippen LogP contribution in [0, 0.1) is 0 Å². The number of hydrogen-bond donors (Lipinski definition) is 3.